The molecule has 2 saturated heterocycles. The molecule has 0 saturated carbocycles. The Bertz CT molecular complexity index is 504. The lowest BCUT2D eigenvalue weighted by atomic mass is 10.1. The second-order valence-electron chi connectivity index (χ2n) is 7.04. The molecule has 26 heavy (non-hydrogen) atoms. The van der Waals surface area contributed by atoms with Crippen molar-refractivity contribution >= 4 is 30.7 Å². The highest BCUT2D eigenvalue weighted by Gasteiger charge is 2.19. The molecule has 2 heterocycles. The van der Waals surface area contributed by atoms with Gasteiger partial charge in [0, 0.05) is 39.3 Å². The molecule has 2 aliphatic rings. The van der Waals surface area contributed by atoms with Crippen LogP contribution in [0.1, 0.15) is 18.4 Å². The van der Waals surface area contributed by atoms with E-state index < -0.39 is 0 Å². The third kappa shape index (κ3) is 7.80. The van der Waals surface area contributed by atoms with Crippen molar-refractivity contribution in [3.8, 4) is 0 Å². The van der Waals surface area contributed by atoms with Crippen LogP contribution >= 0.6 is 24.8 Å². The third-order valence-electron chi connectivity index (χ3n) is 5.12. The Labute approximate surface area is 169 Å². The molecule has 2 fully saturated rings. The molecule has 1 atom stereocenters. The molecule has 3 rings (SSSR count). The van der Waals surface area contributed by atoms with E-state index in [9.17, 15) is 4.79 Å². The Morgan fingerprint density at radius 1 is 1.08 bits per heavy atom. The van der Waals surface area contributed by atoms with E-state index in [0.29, 0.717) is 6.54 Å². The summed E-state index contributed by atoms with van der Waals surface area (Å²) in [7, 11) is 0. The van der Waals surface area contributed by atoms with E-state index in [2.05, 4.69) is 50.8 Å². The largest absolute Gasteiger partial charge is 0.355 e. The highest BCUT2D eigenvalue weighted by atomic mass is 35.5. The van der Waals surface area contributed by atoms with E-state index in [1.165, 1.54) is 12.0 Å². The van der Waals surface area contributed by atoms with E-state index in [4.69, 9.17) is 0 Å². The summed E-state index contributed by atoms with van der Waals surface area (Å²) in [6, 6.07) is 10.6. The van der Waals surface area contributed by atoms with Crippen molar-refractivity contribution in [2.45, 2.75) is 19.4 Å². The first-order chi connectivity index (χ1) is 11.8. The molecule has 0 aliphatic carbocycles. The van der Waals surface area contributed by atoms with E-state index >= 15 is 0 Å². The fourth-order valence-electron chi connectivity index (χ4n) is 3.58. The van der Waals surface area contributed by atoms with Crippen molar-refractivity contribution in [3.63, 3.8) is 0 Å². The number of hydrogen-bond donors (Lipinski definition) is 2. The topological polar surface area (TPSA) is 47.6 Å². The fraction of sp³-hybridized carbons (Fsp3) is 0.632. The monoisotopic (exact) mass is 402 g/mol. The number of rotatable bonds is 7. The van der Waals surface area contributed by atoms with Gasteiger partial charge in [0.2, 0.25) is 5.91 Å². The van der Waals surface area contributed by atoms with Gasteiger partial charge in [0.15, 0.2) is 0 Å². The van der Waals surface area contributed by atoms with Crippen LogP contribution < -0.4 is 10.6 Å². The van der Waals surface area contributed by atoms with Gasteiger partial charge in [-0.15, -0.1) is 24.8 Å². The van der Waals surface area contributed by atoms with Crippen LogP contribution in [0.2, 0.25) is 0 Å². The number of amides is 1. The minimum absolute atomic E-state index is 0. The minimum atomic E-state index is 0. The lowest BCUT2D eigenvalue weighted by Gasteiger charge is -2.34. The van der Waals surface area contributed by atoms with Crippen LogP contribution in [0.3, 0.4) is 0 Å². The lowest BCUT2D eigenvalue weighted by Crippen LogP contribution is -2.49. The predicted octanol–water partition coefficient (Wildman–Crippen LogP) is 1.76. The first-order valence-corrected chi connectivity index (χ1v) is 9.25. The number of halogens is 2. The van der Waals surface area contributed by atoms with Gasteiger partial charge in [-0.25, -0.2) is 0 Å². The number of benzene rings is 1. The summed E-state index contributed by atoms with van der Waals surface area (Å²) in [5, 5.41) is 6.46. The molecule has 1 amide bonds. The van der Waals surface area contributed by atoms with Gasteiger partial charge < -0.3 is 10.6 Å². The molecule has 0 spiro atoms. The number of hydrogen-bond acceptors (Lipinski definition) is 4. The van der Waals surface area contributed by atoms with Crippen molar-refractivity contribution in [3.05, 3.63) is 35.9 Å². The molecule has 7 heteroatoms. The van der Waals surface area contributed by atoms with Crippen molar-refractivity contribution in [2.24, 2.45) is 5.92 Å². The van der Waals surface area contributed by atoms with Gasteiger partial charge in [-0.2, -0.15) is 0 Å². The molecule has 1 aromatic rings. The van der Waals surface area contributed by atoms with Crippen LogP contribution in [0.15, 0.2) is 30.3 Å². The van der Waals surface area contributed by atoms with E-state index in [-0.39, 0.29) is 30.7 Å². The molecule has 2 N–H and O–H groups in total. The van der Waals surface area contributed by atoms with Gasteiger partial charge in [-0.3, -0.25) is 14.6 Å². The maximum Gasteiger partial charge on any atom is 0.234 e. The van der Waals surface area contributed by atoms with Gasteiger partial charge in [0.1, 0.15) is 0 Å². The Hall–Kier alpha value is -0.850. The van der Waals surface area contributed by atoms with Crippen LogP contribution in [0.25, 0.3) is 0 Å². The summed E-state index contributed by atoms with van der Waals surface area (Å²) >= 11 is 0. The van der Waals surface area contributed by atoms with Crippen molar-refractivity contribution in [1.29, 1.82) is 0 Å². The zero-order valence-corrected chi connectivity index (χ0v) is 17.0. The lowest BCUT2D eigenvalue weighted by molar-refractivity contribution is -0.122. The summed E-state index contributed by atoms with van der Waals surface area (Å²) in [6.07, 6.45) is 2.35. The van der Waals surface area contributed by atoms with Gasteiger partial charge in [0.25, 0.3) is 0 Å². The number of carbonyl (C=O) groups is 1. The number of nitrogens with zero attached hydrogens (tertiary/aromatic N) is 2. The molecular formula is C19H32Cl2N4O. The van der Waals surface area contributed by atoms with Crippen LogP contribution in [-0.2, 0) is 11.3 Å². The van der Waals surface area contributed by atoms with Crippen LogP contribution in [0, 0.1) is 5.92 Å². The van der Waals surface area contributed by atoms with Crippen LogP contribution in [0.5, 0.6) is 0 Å². The van der Waals surface area contributed by atoms with Crippen molar-refractivity contribution < 1.29 is 4.79 Å². The highest BCUT2D eigenvalue weighted by molar-refractivity contribution is 5.85. The van der Waals surface area contributed by atoms with Gasteiger partial charge in [-0.1, -0.05) is 30.3 Å². The molecule has 0 bridgehead atoms. The second-order valence-corrected chi connectivity index (χ2v) is 7.04. The quantitative estimate of drug-likeness (QED) is 0.729. The summed E-state index contributed by atoms with van der Waals surface area (Å²) in [5.41, 5.74) is 1.37. The van der Waals surface area contributed by atoms with Gasteiger partial charge in [-0.05, 0) is 37.4 Å². The SMILES string of the molecule is Cl.Cl.O=C(CN1CCN(Cc2ccccc2)CC1)NCCC1CCNC1. The standard InChI is InChI=1S/C19H30N4O.2ClH/c24-19(21-9-7-17-6-8-20-14-17)16-23-12-10-22(11-13-23)15-18-4-2-1-3-5-18;;/h1-5,17,20H,6-16H2,(H,21,24);2*1H. The Morgan fingerprint density at radius 2 is 1.77 bits per heavy atom. The fourth-order valence-corrected chi connectivity index (χ4v) is 3.58. The zero-order valence-electron chi connectivity index (χ0n) is 15.4. The first-order valence-electron chi connectivity index (χ1n) is 9.25. The molecule has 148 valence electrons. The Kier molecular flexibility index (Phi) is 11.2. The van der Waals surface area contributed by atoms with E-state index in [0.717, 1.165) is 64.7 Å². The van der Waals surface area contributed by atoms with Gasteiger partial charge >= 0.3 is 0 Å². The molecule has 0 aromatic heterocycles. The number of piperazine rings is 1. The first kappa shape index (κ1) is 23.2. The number of carbonyl (C=O) groups excluding carboxylic acids is 1. The maximum atomic E-state index is 12.1. The summed E-state index contributed by atoms with van der Waals surface area (Å²) in [6.45, 7) is 8.65. The summed E-state index contributed by atoms with van der Waals surface area (Å²) in [4.78, 5) is 16.8. The smallest absolute Gasteiger partial charge is 0.234 e. The maximum absolute atomic E-state index is 12.1. The number of nitrogens with one attached hydrogen (secondary N) is 2. The second kappa shape index (κ2) is 12.5. The normalized spacial score (nSPS) is 20.8. The minimum Gasteiger partial charge on any atom is -0.355 e. The molecule has 0 radical (unpaired) electrons. The van der Waals surface area contributed by atoms with Crippen LogP contribution in [-0.4, -0.2) is 68.1 Å². The summed E-state index contributed by atoms with van der Waals surface area (Å²) in [5.74, 6) is 0.921. The zero-order chi connectivity index (χ0) is 16.6. The Balaban J connectivity index is 0.00000169. The third-order valence-corrected chi connectivity index (χ3v) is 5.12. The highest BCUT2D eigenvalue weighted by Crippen LogP contribution is 2.11. The van der Waals surface area contributed by atoms with E-state index in [1.807, 2.05) is 0 Å². The average Bonchev–Trinajstić information content (AvgIpc) is 3.11. The van der Waals surface area contributed by atoms with E-state index in [1.54, 1.807) is 0 Å². The van der Waals surface area contributed by atoms with Gasteiger partial charge in [0.05, 0.1) is 6.54 Å². The summed E-state index contributed by atoms with van der Waals surface area (Å²) < 4.78 is 0. The van der Waals surface area contributed by atoms with Crippen molar-refractivity contribution in [1.82, 2.24) is 20.4 Å². The average molecular weight is 403 g/mol. The molecule has 5 nitrogen and oxygen atoms in total. The Morgan fingerprint density at radius 3 is 2.42 bits per heavy atom. The molecular weight excluding hydrogens is 371 g/mol. The van der Waals surface area contributed by atoms with Crippen molar-refractivity contribution in [2.75, 3.05) is 52.4 Å². The molecule has 2 aliphatic heterocycles. The predicted molar refractivity (Wildman–Crippen MR) is 111 cm³/mol. The molecule has 1 unspecified atom stereocenters. The molecule has 1 aromatic carbocycles. The van der Waals surface area contributed by atoms with Crippen LogP contribution in [0.4, 0.5) is 0 Å².